The largest absolute Gasteiger partial charge is 0.478 e. The number of anilines is 1. The molecule has 33 heavy (non-hydrogen) atoms. The van der Waals surface area contributed by atoms with Crippen molar-refractivity contribution in [1.29, 1.82) is 0 Å². The van der Waals surface area contributed by atoms with E-state index in [1.54, 1.807) is 36.8 Å². The van der Waals surface area contributed by atoms with Gasteiger partial charge in [0.15, 0.2) is 5.43 Å². The smallest absolute Gasteiger partial charge is 0.337 e. The number of carboxylic acids is 1. The number of aromatic carboxylic acids is 1. The van der Waals surface area contributed by atoms with Crippen LogP contribution in [0.4, 0.5) is 5.69 Å². The summed E-state index contributed by atoms with van der Waals surface area (Å²) in [6.07, 6.45) is 5.31. The summed E-state index contributed by atoms with van der Waals surface area (Å²) < 4.78 is 8.15. The van der Waals surface area contributed by atoms with Crippen LogP contribution in [0, 0.1) is 6.92 Å². The number of hydrogen-bond acceptors (Lipinski definition) is 5. The summed E-state index contributed by atoms with van der Waals surface area (Å²) in [6, 6.07) is 15.5. The first kappa shape index (κ1) is 20.5. The summed E-state index contributed by atoms with van der Waals surface area (Å²) in [5.41, 5.74) is 4.39. The van der Waals surface area contributed by atoms with Crippen molar-refractivity contribution in [2.24, 2.45) is 0 Å². The molecule has 0 aliphatic rings. The Balaban J connectivity index is 1.64. The van der Waals surface area contributed by atoms with Gasteiger partial charge in [0.2, 0.25) is 0 Å². The molecule has 0 aliphatic heterocycles. The van der Waals surface area contributed by atoms with Crippen molar-refractivity contribution in [3.05, 3.63) is 100 Å². The average molecular weight is 439 g/mol. The minimum absolute atomic E-state index is 0.139. The number of hydrogen-bond donors (Lipinski definition) is 2. The molecule has 7 nitrogen and oxygen atoms in total. The van der Waals surface area contributed by atoms with Crippen molar-refractivity contribution >= 4 is 28.1 Å². The molecule has 5 aromatic rings. The molecule has 164 valence electrons. The number of rotatable bonds is 5. The number of carbonyl (C=O) groups is 1. The van der Waals surface area contributed by atoms with Crippen LogP contribution < -0.4 is 10.7 Å². The fraction of sp³-hybridized carbons (Fsp3) is 0.115. The topological polar surface area (TPSA) is 96.8 Å². The van der Waals surface area contributed by atoms with Crippen LogP contribution in [-0.2, 0) is 0 Å². The van der Waals surface area contributed by atoms with Gasteiger partial charge in [0, 0.05) is 29.1 Å². The zero-order valence-corrected chi connectivity index (χ0v) is 18.1. The third-order valence-corrected chi connectivity index (χ3v) is 5.69. The van der Waals surface area contributed by atoms with Crippen LogP contribution >= 0.6 is 0 Å². The van der Waals surface area contributed by atoms with Gasteiger partial charge >= 0.3 is 5.97 Å². The van der Waals surface area contributed by atoms with Gasteiger partial charge in [0.25, 0.3) is 0 Å². The molecule has 1 atom stereocenters. The van der Waals surface area contributed by atoms with Crippen molar-refractivity contribution in [1.82, 2.24) is 9.38 Å². The number of fused-ring (bicyclic) bond motifs is 2. The number of para-hydroxylation sites is 1. The highest BCUT2D eigenvalue weighted by atomic mass is 16.4. The monoisotopic (exact) mass is 439 g/mol. The minimum Gasteiger partial charge on any atom is -0.478 e. The Hall–Kier alpha value is -4.39. The van der Waals surface area contributed by atoms with Gasteiger partial charge in [-0.1, -0.05) is 18.2 Å². The Morgan fingerprint density at radius 3 is 2.79 bits per heavy atom. The third kappa shape index (κ3) is 3.74. The van der Waals surface area contributed by atoms with E-state index in [-0.39, 0.29) is 17.0 Å². The number of carboxylic acid groups (broad SMARTS) is 1. The molecule has 2 aromatic carbocycles. The molecule has 3 aromatic heterocycles. The summed E-state index contributed by atoms with van der Waals surface area (Å²) in [4.78, 5) is 28.8. The van der Waals surface area contributed by atoms with Gasteiger partial charge in [-0.2, -0.15) is 0 Å². The molecule has 0 spiro atoms. The second-order valence-electron chi connectivity index (χ2n) is 8.07. The highest BCUT2D eigenvalue weighted by Gasteiger charge is 2.18. The Morgan fingerprint density at radius 2 is 1.97 bits per heavy atom. The molecule has 0 saturated carbocycles. The minimum atomic E-state index is -1.01. The molecule has 1 unspecified atom stereocenters. The van der Waals surface area contributed by atoms with Gasteiger partial charge in [-0.25, -0.2) is 9.78 Å². The SMILES string of the molecule is Cc1cc(C(C)Nc2ccccc2C(=O)O)c2oc(-c3ccc4cncn4c3)cc(=O)c2c1. The maximum Gasteiger partial charge on any atom is 0.337 e. The van der Waals surface area contributed by atoms with E-state index in [0.29, 0.717) is 22.4 Å². The summed E-state index contributed by atoms with van der Waals surface area (Å²) in [5, 5.41) is 13.3. The van der Waals surface area contributed by atoms with E-state index in [9.17, 15) is 14.7 Å². The molecule has 7 heteroatoms. The number of aryl methyl sites for hydroxylation is 1. The standard InChI is InChI=1S/C26H21N3O4/c1-15-9-20(16(2)28-22-6-4-3-5-19(22)26(31)32)25-21(10-15)23(30)11-24(33-25)17-7-8-18-12-27-14-29(18)13-17/h3-14,16,28H,1-2H3,(H,31,32). The van der Waals surface area contributed by atoms with Gasteiger partial charge in [0.1, 0.15) is 11.3 Å². The molecule has 0 radical (unpaired) electrons. The molecule has 5 rings (SSSR count). The fourth-order valence-corrected chi connectivity index (χ4v) is 4.07. The number of imidazole rings is 1. The van der Waals surface area contributed by atoms with Crippen LogP contribution in [0.3, 0.4) is 0 Å². The first-order valence-electron chi connectivity index (χ1n) is 10.5. The van der Waals surface area contributed by atoms with Crippen LogP contribution in [-0.4, -0.2) is 20.5 Å². The Kier molecular flexibility index (Phi) is 4.94. The van der Waals surface area contributed by atoms with Crippen LogP contribution in [0.15, 0.2) is 82.5 Å². The molecule has 0 saturated heterocycles. The third-order valence-electron chi connectivity index (χ3n) is 5.69. The van der Waals surface area contributed by atoms with Crippen LogP contribution in [0.1, 0.15) is 34.5 Å². The van der Waals surface area contributed by atoms with E-state index >= 15 is 0 Å². The number of benzene rings is 2. The number of nitrogens with one attached hydrogen (secondary N) is 1. The molecule has 0 fully saturated rings. The van der Waals surface area contributed by atoms with E-state index in [1.807, 2.05) is 48.7 Å². The predicted octanol–water partition coefficient (Wildman–Crippen LogP) is 5.29. The van der Waals surface area contributed by atoms with Crippen LogP contribution in [0.2, 0.25) is 0 Å². The highest BCUT2D eigenvalue weighted by molar-refractivity contribution is 5.94. The fourth-order valence-electron chi connectivity index (χ4n) is 4.07. The van der Waals surface area contributed by atoms with Crippen LogP contribution in [0.25, 0.3) is 27.8 Å². The molecule has 0 aliphatic carbocycles. The Morgan fingerprint density at radius 1 is 1.15 bits per heavy atom. The zero-order chi connectivity index (χ0) is 23.1. The Labute approximate surface area is 188 Å². The van der Waals surface area contributed by atoms with Gasteiger partial charge in [-0.15, -0.1) is 0 Å². The quantitative estimate of drug-likeness (QED) is 0.386. The van der Waals surface area contributed by atoms with Crippen molar-refractivity contribution < 1.29 is 14.3 Å². The van der Waals surface area contributed by atoms with E-state index in [4.69, 9.17) is 4.42 Å². The van der Waals surface area contributed by atoms with Gasteiger partial charge in [-0.3, -0.25) is 4.79 Å². The zero-order valence-electron chi connectivity index (χ0n) is 18.1. The maximum absolute atomic E-state index is 13.0. The second kappa shape index (κ2) is 7.94. The normalized spacial score (nSPS) is 12.2. The lowest BCUT2D eigenvalue weighted by molar-refractivity contribution is 0.0698. The number of nitrogens with zero attached hydrogens (tertiary/aromatic N) is 2. The van der Waals surface area contributed by atoms with Gasteiger partial charge in [-0.05, 0) is 49.7 Å². The van der Waals surface area contributed by atoms with Gasteiger partial charge < -0.3 is 19.2 Å². The summed E-state index contributed by atoms with van der Waals surface area (Å²) in [6.45, 7) is 3.83. The van der Waals surface area contributed by atoms with Crippen molar-refractivity contribution in [2.75, 3.05) is 5.32 Å². The summed E-state index contributed by atoms with van der Waals surface area (Å²) in [5.74, 6) is -0.561. The molecule has 0 amide bonds. The first-order valence-corrected chi connectivity index (χ1v) is 10.5. The molecule has 0 bridgehead atoms. The molecule has 3 heterocycles. The second-order valence-corrected chi connectivity index (χ2v) is 8.07. The van der Waals surface area contributed by atoms with Crippen molar-refractivity contribution in [3.63, 3.8) is 0 Å². The van der Waals surface area contributed by atoms with E-state index in [1.165, 1.54) is 6.07 Å². The number of aromatic nitrogens is 2. The lowest BCUT2D eigenvalue weighted by atomic mass is 10.00. The predicted molar refractivity (Wildman–Crippen MR) is 127 cm³/mol. The van der Waals surface area contributed by atoms with Crippen molar-refractivity contribution in [2.45, 2.75) is 19.9 Å². The Bertz CT molecular complexity index is 1580. The summed E-state index contributed by atoms with van der Waals surface area (Å²) >= 11 is 0. The summed E-state index contributed by atoms with van der Waals surface area (Å²) in [7, 11) is 0. The average Bonchev–Trinajstić information content (AvgIpc) is 3.27. The van der Waals surface area contributed by atoms with E-state index < -0.39 is 5.97 Å². The van der Waals surface area contributed by atoms with Gasteiger partial charge in [0.05, 0.1) is 35.0 Å². The van der Waals surface area contributed by atoms with Crippen LogP contribution in [0.5, 0.6) is 0 Å². The maximum atomic E-state index is 13.0. The number of pyridine rings is 1. The highest BCUT2D eigenvalue weighted by Crippen LogP contribution is 2.31. The first-order chi connectivity index (χ1) is 15.9. The van der Waals surface area contributed by atoms with E-state index in [2.05, 4.69) is 10.3 Å². The molecule has 2 N–H and O–H groups in total. The molecular weight excluding hydrogens is 418 g/mol. The van der Waals surface area contributed by atoms with E-state index in [0.717, 1.165) is 22.2 Å². The lowest BCUT2D eigenvalue weighted by Crippen LogP contribution is -2.12. The lowest BCUT2D eigenvalue weighted by Gasteiger charge is -2.19. The van der Waals surface area contributed by atoms with Crippen molar-refractivity contribution in [3.8, 4) is 11.3 Å². The molecular formula is C26H21N3O4.